The van der Waals surface area contributed by atoms with Gasteiger partial charge in [0.15, 0.2) is 0 Å². The summed E-state index contributed by atoms with van der Waals surface area (Å²) < 4.78 is 5.29. The molecule has 0 aliphatic rings. The lowest BCUT2D eigenvalue weighted by atomic mass is 10.0. The summed E-state index contributed by atoms with van der Waals surface area (Å²) in [6, 6.07) is 5.51. The van der Waals surface area contributed by atoms with E-state index in [1.807, 2.05) is 24.3 Å². The van der Waals surface area contributed by atoms with Crippen molar-refractivity contribution in [1.29, 1.82) is 0 Å². The highest BCUT2D eigenvalue weighted by atomic mass is 16.6. The zero-order valence-electron chi connectivity index (χ0n) is 20.7. The number of imide groups is 1. The van der Waals surface area contributed by atoms with E-state index in [2.05, 4.69) is 20.9 Å². The predicted molar refractivity (Wildman–Crippen MR) is 132 cm³/mol. The van der Waals surface area contributed by atoms with Gasteiger partial charge in [-0.3, -0.25) is 24.5 Å². The Balaban J connectivity index is 1.97. The summed E-state index contributed by atoms with van der Waals surface area (Å²) in [6.07, 6.45) is 0.914. The van der Waals surface area contributed by atoms with Gasteiger partial charge >= 0.3 is 6.09 Å². The van der Waals surface area contributed by atoms with Crippen LogP contribution in [0.25, 0.3) is 10.9 Å². The van der Waals surface area contributed by atoms with Crippen LogP contribution in [-0.2, 0) is 30.3 Å². The van der Waals surface area contributed by atoms with Gasteiger partial charge in [0.2, 0.25) is 23.6 Å². The van der Waals surface area contributed by atoms with Crippen molar-refractivity contribution in [3.05, 3.63) is 36.0 Å². The van der Waals surface area contributed by atoms with Crippen LogP contribution in [0.3, 0.4) is 0 Å². The van der Waals surface area contributed by atoms with Crippen LogP contribution in [0.1, 0.15) is 45.6 Å². The molecule has 0 fully saturated rings. The van der Waals surface area contributed by atoms with E-state index in [1.165, 1.54) is 0 Å². The minimum Gasteiger partial charge on any atom is -0.444 e. The number of hydrogen-bond donors (Lipinski definition) is 6. The van der Waals surface area contributed by atoms with Crippen LogP contribution < -0.4 is 27.4 Å². The van der Waals surface area contributed by atoms with E-state index >= 15 is 0 Å². The van der Waals surface area contributed by atoms with E-state index in [0.717, 1.165) is 16.5 Å². The number of aromatic nitrogens is 1. The van der Waals surface area contributed by atoms with Crippen molar-refractivity contribution < 1.29 is 28.7 Å². The standard InChI is InChI=1S/C24H34N6O6/c1-24(2,3)36-23(35)29-18(12-14-13-28-17-7-5-4-6-15(14)17)22(34)27-11-10-20(32)30-21(33)16(25)8-9-19(26)31/h4-7,13,16,18,28H,8-12,25H2,1-3H3,(H2,26,31)(H,27,34)(H,29,35)(H,30,32,33)/t16?,18-/m0/s1. The Morgan fingerprint density at radius 2 is 1.75 bits per heavy atom. The highest BCUT2D eigenvalue weighted by molar-refractivity contribution is 5.98. The van der Waals surface area contributed by atoms with Crippen LogP contribution in [0.2, 0.25) is 0 Å². The molecule has 1 aromatic heterocycles. The number of nitrogens with one attached hydrogen (secondary N) is 4. The number of carbonyl (C=O) groups is 5. The second-order valence-electron chi connectivity index (χ2n) is 9.33. The number of carbonyl (C=O) groups excluding carboxylic acids is 5. The molecule has 0 aliphatic carbocycles. The molecule has 12 nitrogen and oxygen atoms in total. The lowest BCUT2D eigenvalue weighted by Crippen LogP contribution is -2.50. The molecule has 0 aliphatic heterocycles. The summed E-state index contributed by atoms with van der Waals surface area (Å²) >= 11 is 0. The zero-order valence-corrected chi connectivity index (χ0v) is 20.7. The topological polar surface area (TPSA) is 198 Å². The summed E-state index contributed by atoms with van der Waals surface area (Å²) in [5.74, 6) is -2.52. The summed E-state index contributed by atoms with van der Waals surface area (Å²) in [6.45, 7) is 5.04. The molecule has 1 aromatic carbocycles. The molecule has 0 bridgehead atoms. The zero-order chi connectivity index (χ0) is 26.9. The minimum atomic E-state index is -1.06. The van der Waals surface area contributed by atoms with E-state index in [-0.39, 0.29) is 32.2 Å². The number of benzene rings is 1. The van der Waals surface area contributed by atoms with Crippen molar-refractivity contribution in [3.63, 3.8) is 0 Å². The molecule has 0 saturated heterocycles. The van der Waals surface area contributed by atoms with Crippen LogP contribution in [0.15, 0.2) is 30.5 Å². The normalized spacial score (nSPS) is 12.9. The number of para-hydroxylation sites is 1. The molecule has 1 heterocycles. The summed E-state index contributed by atoms with van der Waals surface area (Å²) in [5, 5.41) is 8.22. The predicted octanol–water partition coefficient (Wildman–Crippen LogP) is 0.346. The van der Waals surface area contributed by atoms with Gasteiger partial charge in [-0.1, -0.05) is 18.2 Å². The molecule has 196 valence electrons. The molecule has 8 N–H and O–H groups in total. The number of ether oxygens (including phenoxy) is 1. The number of H-pyrrole nitrogens is 1. The van der Waals surface area contributed by atoms with Gasteiger partial charge in [-0.15, -0.1) is 0 Å². The van der Waals surface area contributed by atoms with Gasteiger partial charge in [0.1, 0.15) is 11.6 Å². The Morgan fingerprint density at radius 3 is 2.42 bits per heavy atom. The first-order valence-electron chi connectivity index (χ1n) is 11.6. The Bertz CT molecular complexity index is 1110. The SMILES string of the molecule is CC(C)(C)OC(=O)N[C@@H](Cc1c[nH]c2ccccc12)C(=O)NCCC(=O)NC(=O)C(N)CCC(N)=O. The van der Waals surface area contributed by atoms with Gasteiger partial charge in [0.05, 0.1) is 6.04 Å². The first kappa shape index (κ1) is 28.3. The van der Waals surface area contributed by atoms with Crippen molar-refractivity contribution in [3.8, 4) is 0 Å². The smallest absolute Gasteiger partial charge is 0.408 e. The van der Waals surface area contributed by atoms with Crippen LogP contribution >= 0.6 is 0 Å². The van der Waals surface area contributed by atoms with Crippen LogP contribution in [0.5, 0.6) is 0 Å². The van der Waals surface area contributed by atoms with Gasteiger partial charge in [-0.2, -0.15) is 0 Å². The molecule has 1 unspecified atom stereocenters. The average molecular weight is 503 g/mol. The number of rotatable bonds is 11. The van der Waals surface area contributed by atoms with Crippen LogP contribution in [0.4, 0.5) is 4.79 Å². The minimum absolute atomic E-state index is 0.0109. The molecule has 0 radical (unpaired) electrons. The molecule has 2 rings (SSSR count). The Kier molecular flexibility index (Phi) is 9.97. The third-order valence-electron chi connectivity index (χ3n) is 5.06. The molecule has 36 heavy (non-hydrogen) atoms. The van der Waals surface area contributed by atoms with E-state index < -0.39 is 47.4 Å². The number of amides is 5. The highest BCUT2D eigenvalue weighted by Gasteiger charge is 2.26. The molecule has 5 amide bonds. The number of aromatic amines is 1. The van der Waals surface area contributed by atoms with Gasteiger partial charge in [0, 0.05) is 42.9 Å². The van der Waals surface area contributed by atoms with Crippen LogP contribution in [-0.4, -0.2) is 58.9 Å². The second-order valence-corrected chi connectivity index (χ2v) is 9.33. The maximum absolute atomic E-state index is 12.9. The Morgan fingerprint density at radius 1 is 1.06 bits per heavy atom. The van der Waals surface area contributed by atoms with Crippen molar-refractivity contribution in [1.82, 2.24) is 20.9 Å². The van der Waals surface area contributed by atoms with Gasteiger partial charge in [-0.05, 0) is 38.8 Å². The summed E-state index contributed by atoms with van der Waals surface area (Å²) in [7, 11) is 0. The summed E-state index contributed by atoms with van der Waals surface area (Å²) in [4.78, 5) is 63.2. The molecule has 2 atom stereocenters. The third-order valence-corrected chi connectivity index (χ3v) is 5.06. The Labute approximate surface area is 208 Å². The molecule has 12 heteroatoms. The molecular formula is C24H34N6O6. The third kappa shape index (κ3) is 9.37. The lowest BCUT2D eigenvalue weighted by molar-refractivity contribution is -0.131. The summed E-state index contributed by atoms with van der Waals surface area (Å²) in [5.41, 5.74) is 11.6. The Hall–Kier alpha value is -3.93. The van der Waals surface area contributed by atoms with Crippen molar-refractivity contribution in [2.75, 3.05) is 6.54 Å². The largest absolute Gasteiger partial charge is 0.444 e. The lowest BCUT2D eigenvalue weighted by Gasteiger charge is -2.23. The average Bonchev–Trinajstić information content (AvgIpc) is 3.18. The number of alkyl carbamates (subject to hydrolysis) is 1. The van der Waals surface area contributed by atoms with Gasteiger partial charge in [0.25, 0.3) is 0 Å². The molecule has 0 saturated carbocycles. The fourth-order valence-corrected chi connectivity index (χ4v) is 3.32. The number of fused-ring (bicyclic) bond motifs is 1. The molecule has 0 spiro atoms. The quantitative estimate of drug-likeness (QED) is 0.254. The van der Waals surface area contributed by atoms with Crippen molar-refractivity contribution in [2.45, 2.75) is 64.1 Å². The van der Waals surface area contributed by atoms with Crippen molar-refractivity contribution >= 4 is 40.6 Å². The fraction of sp³-hybridized carbons (Fsp3) is 0.458. The number of primary amides is 1. The van der Waals surface area contributed by atoms with Gasteiger partial charge < -0.3 is 31.8 Å². The van der Waals surface area contributed by atoms with E-state index in [1.54, 1.807) is 27.0 Å². The van der Waals surface area contributed by atoms with Crippen molar-refractivity contribution in [2.24, 2.45) is 11.5 Å². The highest BCUT2D eigenvalue weighted by Crippen LogP contribution is 2.19. The van der Waals surface area contributed by atoms with E-state index in [9.17, 15) is 24.0 Å². The monoisotopic (exact) mass is 502 g/mol. The van der Waals surface area contributed by atoms with E-state index in [4.69, 9.17) is 16.2 Å². The van der Waals surface area contributed by atoms with Crippen LogP contribution in [0, 0.1) is 0 Å². The maximum atomic E-state index is 12.9. The second kappa shape index (κ2) is 12.7. The fourth-order valence-electron chi connectivity index (χ4n) is 3.32. The van der Waals surface area contributed by atoms with E-state index in [0.29, 0.717) is 0 Å². The maximum Gasteiger partial charge on any atom is 0.408 e. The first-order chi connectivity index (χ1) is 16.9. The number of nitrogens with two attached hydrogens (primary N) is 2. The molecular weight excluding hydrogens is 468 g/mol. The first-order valence-corrected chi connectivity index (χ1v) is 11.6. The molecule has 2 aromatic rings. The number of hydrogen-bond acceptors (Lipinski definition) is 7. The van der Waals surface area contributed by atoms with Gasteiger partial charge in [-0.25, -0.2) is 4.79 Å².